The first kappa shape index (κ1) is 15.6. The molecule has 0 saturated carbocycles. The summed E-state index contributed by atoms with van der Waals surface area (Å²) in [5.41, 5.74) is 2.53. The highest BCUT2D eigenvalue weighted by Crippen LogP contribution is 2.24. The molecule has 1 aromatic carbocycles. The Kier molecular flexibility index (Phi) is 3.70. The van der Waals surface area contributed by atoms with E-state index >= 15 is 0 Å². The molecule has 0 atom stereocenters. The van der Waals surface area contributed by atoms with Crippen LogP contribution in [0.5, 0.6) is 0 Å². The van der Waals surface area contributed by atoms with E-state index in [0.29, 0.717) is 22.6 Å². The van der Waals surface area contributed by atoms with Crippen molar-refractivity contribution in [3.05, 3.63) is 72.4 Å². The van der Waals surface area contributed by atoms with Crippen molar-refractivity contribution in [2.45, 2.75) is 0 Å². The second kappa shape index (κ2) is 6.17. The van der Waals surface area contributed by atoms with Crippen molar-refractivity contribution < 1.29 is 19.1 Å². The number of nitrogens with zero attached hydrogens (tertiary/aromatic N) is 3. The van der Waals surface area contributed by atoms with Crippen LogP contribution in [0.15, 0.2) is 65.5 Å². The van der Waals surface area contributed by atoms with Crippen LogP contribution >= 0.6 is 0 Å². The summed E-state index contributed by atoms with van der Waals surface area (Å²) in [6, 6.07) is 11.8. The van der Waals surface area contributed by atoms with Crippen molar-refractivity contribution in [1.82, 2.24) is 14.6 Å². The fraction of sp³-hybridized carbons (Fsp3) is 0. The van der Waals surface area contributed by atoms with E-state index in [-0.39, 0.29) is 11.5 Å². The predicted octanol–water partition coefficient (Wildman–Crippen LogP) is 3.31. The molecule has 2 N–H and O–H groups in total. The lowest BCUT2D eigenvalue weighted by Crippen LogP contribution is -2.07. The van der Waals surface area contributed by atoms with Gasteiger partial charge in [0.2, 0.25) is 5.78 Å². The van der Waals surface area contributed by atoms with Crippen LogP contribution < -0.4 is 5.32 Å². The lowest BCUT2D eigenvalue weighted by atomic mass is 10.1. The number of aromatic nitrogens is 3. The van der Waals surface area contributed by atoms with Gasteiger partial charge in [0.15, 0.2) is 11.4 Å². The minimum Gasteiger partial charge on any atom is -0.465 e. The van der Waals surface area contributed by atoms with Gasteiger partial charge in [0.05, 0.1) is 23.7 Å². The number of anilines is 1. The summed E-state index contributed by atoms with van der Waals surface area (Å²) in [7, 11) is 0. The SMILES string of the molecule is O=C(O)Nc1cccc(-c2ccnc3c(C(=O)c4ccco4)cnn23)c1. The molecule has 26 heavy (non-hydrogen) atoms. The number of ketones is 1. The molecule has 128 valence electrons. The van der Waals surface area contributed by atoms with Crippen LogP contribution in [0.3, 0.4) is 0 Å². The lowest BCUT2D eigenvalue weighted by molar-refractivity contribution is 0.101. The summed E-state index contributed by atoms with van der Waals surface area (Å²) in [5.74, 6) is -0.101. The largest absolute Gasteiger partial charge is 0.465 e. The summed E-state index contributed by atoms with van der Waals surface area (Å²) in [5, 5.41) is 15.5. The van der Waals surface area contributed by atoms with Gasteiger partial charge in [0.25, 0.3) is 0 Å². The molecule has 3 aromatic heterocycles. The molecule has 0 unspecified atom stereocenters. The molecule has 0 aliphatic carbocycles. The molecule has 8 nitrogen and oxygen atoms in total. The quantitative estimate of drug-likeness (QED) is 0.548. The number of fused-ring (bicyclic) bond motifs is 1. The Bertz CT molecular complexity index is 1120. The van der Waals surface area contributed by atoms with Gasteiger partial charge < -0.3 is 9.52 Å². The van der Waals surface area contributed by atoms with Gasteiger partial charge in [-0.25, -0.2) is 14.3 Å². The normalized spacial score (nSPS) is 10.8. The molecule has 0 aliphatic heterocycles. The zero-order valence-corrected chi connectivity index (χ0v) is 13.3. The first-order valence-corrected chi connectivity index (χ1v) is 7.65. The van der Waals surface area contributed by atoms with Gasteiger partial charge >= 0.3 is 6.09 Å². The van der Waals surface area contributed by atoms with E-state index in [0.717, 1.165) is 5.56 Å². The number of furan rings is 1. The van der Waals surface area contributed by atoms with Crippen molar-refractivity contribution in [2.24, 2.45) is 0 Å². The van der Waals surface area contributed by atoms with E-state index in [1.165, 1.54) is 17.0 Å². The van der Waals surface area contributed by atoms with Crippen LogP contribution in [0.4, 0.5) is 10.5 Å². The Morgan fingerprint density at radius 1 is 1.15 bits per heavy atom. The Balaban J connectivity index is 1.81. The third kappa shape index (κ3) is 2.69. The Morgan fingerprint density at radius 2 is 2.04 bits per heavy atom. The maximum Gasteiger partial charge on any atom is 0.409 e. The average Bonchev–Trinajstić information content (AvgIpc) is 3.30. The van der Waals surface area contributed by atoms with Crippen molar-refractivity contribution in [2.75, 3.05) is 5.32 Å². The maximum absolute atomic E-state index is 12.5. The molecule has 4 rings (SSSR count). The fourth-order valence-corrected chi connectivity index (χ4v) is 2.69. The van der Waals surface area contributed by atoms with E-state index in [4.69, 9.17) is 9.52 Å². The molecule has 8 heteroatoms. The number of amides is 1. The summed E-state index contributed by atoms with van der Waals surface area (Å²) in [4.78, 5) is 27.6. The van der Waals surface area contributed by atoms with Crippen molar-refractivity contribution in [1.29, 1.82) is 0 Å². The number of nitrogens with one attached hydrogen (secondary N) is 1. The van der Waals surface area contributed by atoms with Gasteiger partial charge in [-0.3, -0.25) is 10.1 Å². The van der Waals surface area contributed by atoms with E-state index in [9.17, 15) is 9.59 Å². The summed E-state index contributed by atoms with van der Waals surface area (Å²) < 4.78 is 6.70. The smallest absolute Gasteiger partial charge is 0.409 e. The minimum atomic E-state index is -1.15. The summed E-state index contributed by atoms with van der Waals surface area (Å²) >= 11 is 0. The standard InChI is InChI=1S/C18H12N4O4/c23-16(15-5-2-8-26-15)13-10-20-22-14(6-7-19-17(13)22)11-3-1-4-12(9-11)21-18(24)25/h1-10,21H,(H,24,25). The number of hydrogen-bond donors (Lipinski definition) is 2. The number of carbonyl (C=O) groups excluding carboxylic acids is 1. The molecule has 4 aromatic rings. The first-order chi connectivity index (χ1) is 12.6. The summed E-state index contributed by atoms with van der Waals surface area (Å²) in [6.45, 7) is 0. The molecular formula is C18H12N4O4. The molecule has 0 fully saturated rings. The van der Waals surface area contributed by atoms with Gasteiger partial charge in [0, 0.05) is 17.4 Å². The number of benzene rings is 1. The second-order valence-corrected chi connectivity index (χ2v) is 5.44. The van der Waals surface area contributed by atoms with E-state index in [1.807, 2.05) is 6.07 Å². The van der Waals surface area contributed by atoms with Gasteiger partial charge in [-0.2, -0.15) is 5.10 Å². The van der Waals surface area contributed by atoms with Crippen LogP contribution in [0.2, 0.25) is 0 Å². The van der Waals surface area contributed by atoms with Gasteiger partial charge in [-0.1, -0.05) is 12.1 Å². The van der Waals surface area contributed by atoms with Crippen LogP contribution in [0, 0.1) is 0 Å². The number of rotatable bonds is 4. The minimum absolute atomic E-state index is 0.208. The molecule has 0 saturated heterocycles. The highest BCUT2D eigenvalue weighted by atomic mass is 16.4. The molecule has 0 radical (unpaired) electrons. The Hall–Kier alpha value is -3.94. The van der Waals surface area contributed by atoms with Gasteiger partial charge in [0.1, 0.15) is 0 Å². The zero-order valence-electron chi connectivity index (χ0n) is 13.3. The van der Waals surface area contributed by atoms with Crippen LogP contribution in [-0.2, 0) is 0 Å². The van der Waals surface area contributed by atoms with Crippen LogP contribution in [0.25, 0.3) is 16.9 Å². The van der Waals surface area contributed by atoms with Crippen molar-refractivity contribution in [3.8, 4) is 11.3 Å². The van der Waals surface area contributed by atoms with Crippen LogP contribution in [-0.4, -0.2) is 31.6 Å². The molecule has 3 heterocycles. The molecule has 1 amide bonds. The Morgan fingerprint density at radius 3 is 2.81 bits per heavy atom. The highest BCUT2D eigenvalue weighted by molar-refractivity contribution is 6.10. The monoisotopic (exact) mass is 348 g/mol. The van der Waals surface area contributed by atoms with Gasteiger partial charge in [-0.05, 0) is 30.3 Å². The Labute approximate surface area is 146 Å². The van der Waals surface area contributed by atoms with Gasteiger partial charge in [-0.15, -0.1) is 0 Å². The number of carboxylic acid groups (broad SMARTS) is 1. The highest BCUT2D eigenvalue weighted by Gasteiger charge is 2.19. The van der Waals surface area contributed by atoms with E-state index < -0.39 is 6.09 Å². The van der Waals surface area contributed by atoms with Crippen molar-refractivity contribution in [3.63, 3.8) is 0 Å². The van der Waals surface area contributed by atoms with E-state index in [1.54, 1.807) is 42.6 Å². The molecular weight excluding hydrogens is 336 g/mol. The number of carbonyl (C=O) groups is 2. The number of hydrogen-bond acceptors (Lipinski definition) is 5. The fourth-order valence-electron chi connectivity index (χ4n) is 2.69. The topological polar surface area (TPSA) is 110 Å². The van der Waals surface area contributed by atoms with Crippen molar-refractivity contribution >= 4 is 23.2 Å². The first-order valence-electron chi connectivity index (χ1n) is 7.65. The third-order valence-corrected chi connectivity index (χ3v) is 3.80. The molecule has 0 aliphatic rings. The van der Waals surface area contributed by atoms with Crippen LogP contribution in [0.1, 0.15) is 16.1 Å². The predicted molar refractivity (Wildman–Crippen MR) is 92.2 cm³/mol. The summed E-state index contributed by atoms with van der Waals surface area (Å²) in [6.07, 6.45) is 3.30. The zero-order chi connectivity index (χ0) is 18.1. The third-order valence-electron chi connectivity index (χ3n) is 3.80. The average molecular weight is 348 g/mol. The molecule has 0 spiro atoms. The van der Waals surface area contributed by atoms with E-state index in [2.05, 4.69) is 15.4 Å². The second-order valence-electron chi connectivity index (χ2n) is 5.44. The molecule has 0 bridgehead atoms. The lowest BCUT2D eigenvalue weighted by Gasteiger charge is -2.07. The maximum atomic E-state index is 12.5.